The number of carbonyl (C=O) groups excluding carboxylic acids is 4. The third kappa shape index (κ3) is 3.88. The quantitative estimate of drug-likeness (QED) is 0.610. The van der Waals surface area contributed by atoms with Crippen molar-refractivity contribution in [3.8, 4) is 6.07 Å². The van der Waals surface area contributed by atoms with Crippen LogP contribution in [0.3, 0.4) is 0 Å². The molecule has 3 rings (SSSR count). The van der Waals surface area contributed by atoms with Crippen LogP contribution in [0.5, 0.6) is 0 Å². The highest BCUT2D eigenvalue weighted by atomic mass is 16.5. The average Bonchev–Trinajstić information content (AvgIpc) is 2.96. The first kappa shape index (κ1) is 19.5. The van der Waals surface area contributed by atoms with Gasteiger partial charge in [-0.25, -0.2) is 4.79 Å². The van der Waals surface area contributed by atoms with Crippen LogP contribution in [0.2, 0.25) is 0 Å². The molecule has 1 aliphatic heterocycles. The van der Waals surface area contributed by atoms with Gasteiger partial charge in [-0.2, -0.15) is 5.26 Å². The van der Waals surface area contributed by atoms with Crippen LogP contribution >= 0.6 is 0 Å². The minimum absolute atomic E-state index is 0.322. The molecule has 2 fully saturated rings. The maximum absolute atomic E-state index is 12.5. The van der Waals surface area contributed by atoms with E-state index in [1.54, 1.807) is 18.2 Å². The van der Waals surface area contributed by atoms with Crippen molar-refractivity contribution in [1.29, 1.82) is 5.26 Å². The third-order valence-corrected chi connectivity index (χ3v) is 5.22. The molecule has 1 saturated heterocycles. The van der Waals surface area contributed by atoms with E-state index in [1.165, 1.54) is 13.0 Å². The number of nitriles is 1. The van der Waals surface area contributed by atoms with Crippen molar-refractivity contribution in [2.45, 2.75) is 38.6 Å². The second-order valence-electron chi connectivity index (χ2n) is 7.07. The fourth-order valence-corrected chi connectivity index (χ4v) is 3.80. The van der Waals surface area contributed by atoms with Gasteiger partial charge in [-0.1, -0.05) is 18.9 Å². The van der Waals surface area contributed by atoms with Crippen LogP contribution in [0.25, 0.3) is 0 Å². The summed E-state index contributed by atoms with van der Waals surface area (Å²) in [4.78, 5) is 50.3. The summed E-state index contributed by atoms with van der Waals surface area (Å²) < 4.78 is 4.99. The van der Waals surface area contributed by atoms with Gasteiger partial charge in [-0.3, -0.25) is 19.3 Å². The third-order valence-electron chi connectivity index (χ3n) is 5.22. The Hall–Kier alpha value is -3.21. The molecule has 146 valence electrons. The largest absolute Gasteiger partial charge is 0.454 e. The molecule has 1 heterocycles. The molecular formula is C20H21N3O5. The molecule has 0 bridgehead atoms. The zero-order valence-electron chi connectivity index (χ0n) is 15.5. The number of anilines is 1. The monoisotopic (exact) mass is 383 g/mol. The highest BCUT2D eigenvalue weighted by molar-refractivity contribution is 6.08. The van der Waals surface area contributed by atoms with Crippen LogP contribution in [-0.2, 0) is 23.9 Å². The number of ether oxygens (including phenoxy) is 1. The number of hydrogen-bond donors (Lipinski definition) is 1. The van der Waals surface area contributed by atoms with Crippen LogP contribution in [0.15, 0.2) is 24.3 Å². The van der Waals surface area contributed by atoms with Gasteiger partial charge in [-0.05, 0) is 38.0 Å². The zero-order chi connectivity index (χ0) is 20.3. The lowest BCUT2D eigenvalue weighted by atomic mass is 9.81. The molecule has 0 aromatic heterocycles. The maximum Gasteiger partial charge on any atom is 0.329 e. The van der Waals surface area contributed by atoms with E-state index in [0.717, 1.165) is 17.7 Å². The van der Waals surface area contributed by atoms with Crippen molar-refractivity contribution in [2.24, 2.45) is 11.8 Å². The molecule has 8 nitrogen and oxygen atoms in total. The smallest absolute Gasteiger partial charge is 0.329 e. The number of hydrogen-bond acceptors (Lipinski definition) is 6. The minimum atomic E-state index is -1.07. The molecule has 0 radical (unpaired) electrons. The Morgan fingerprint density at radius 1 is 1.25 bits per heavy atom. The molecule has 0 unspecified atom stereocenters. The van der Waals surface area contributed by atoms with Crippen LogP contribution in [-0.4, -0.2) is 41.2 Å². The van der Waals surface area contributed by atoms with Gasteiger partial charge in [0.05, 0.1) is 23.5 Å². The molecule has 3 amide bonds. The van der Waals surface area contributed by atoms with E-state index in [1.807, 2.05) is 6.07 Å². The second kappa shape index (κ2) is 8.21. The van der Waals surface area contributed by atoms with Crippen molar-refractivity contribution in [3.63, 3.8) is 0 Å². The predicted octanol–water partition coefficient (Wildman–Crippen LogP) is 1.60. The lowest BCUT2D eigenvalue weighted by molar-refractivity contribution is -0.159. The number of fused-ring (bicyclic) bond motifs is 1. The second-order valence-corrected chi connectivity index (χ2v) is 7.07. The zero-order valence-corrected chi connectivity index (χ0v) is 15.5. The standard InChI is InChI=1S/C20H21N3O5/c1-12(23-18(25)15-7-2-3-8-16(15)19(23)26)20(27)28-11-17(24)22-14-6-4-5-13(9-14)10-21/h4-6,9,12,15-16H,2-3,7-8,11H2,1H3,(H,22,24)/t12-,15-,16+/m0/s1. The Bertz CT molecular complexity index is 836. The van der Waals surface area contributed by atoms with E-state index in [2.05, 4.69) is 5.32 Å². The van der Waals surface area contributed by atoms with Gasteiger partial charge in [0, 0.05) is 5.69 Å². The number of imide groups is 1. The summed E-state index contributed by atoms with van der Waals surface area (Å²) >= 11 is 0. The van der Waals surface area contributed by atoms with Crippen LogP contribution in [0.1, 0.15) is 38.2 Å². The lowest BCUT2D eigenvalue weighted by Crippen LogP contribution is -2.45. The van der Waals surface area contributed by atoms with Crippen molar-refractivity contribution < 1.29 is 23.9 Å². The summed E-state index contributed by atoms with van der Waals surface area (Å²) in [5.41, 5.74) is 0.790. The van der Waals surface area contributed by atoms with Crippen LogP contribution < -0.4 is 5.32 Å². The molecule has 1 aromatic carbocycles. The van der Waals surface area contributed by atoms with Crippen molar-refractivity contribution in [3.05, 3.63) is 29.8 Å². The first-order valence-corrected chi connectivity index (χ1v) is 9.26. The number of rotatable bonds is 5. The summed E-state index contributed by atoms with van der Waals surface area (Å²) in [6, 6.07) is 7.20. The Labute approximate surface area is 162 Å². The number of likely N-dealkylation sites (tertiary alicyclic amines) is 1. The normalized spacial score (nSPS) is 22.2. The van der Waals surface area contributed by atoms with Gasteiger partial charge in [0.25, 0.3) is 5.91 Å². The number of carbonyl (C=O) groups is 4. The molecule has 1 N–H and O–H groups in total. The van der Waals surface area contributed by atoms with Gasteiger partial charge in [-0.15, -0.1) is 0 Å². The van der Waals surface area contributed by atoms with Crippen molar-refractivity contribution in [2.75, 3.05) is 11.9 Å². The Morgan fingerprint density at radius 3 is 2.50 bits per heavy atom. The summed E-state index contributed by atoms with van der Waals surface area (Å²) in [7, 11) is 0. The minimum Gasteiger partial charge on any atom is -0.454 e. The summed E-state index contributed by atoms with van der Waals surface area (Å²) in [6.45, 7) is 0.882. The van der Waals surface area contributed by atoms with E-state index in [9.17, 15) is 19.2 Å². The van der Waals surface area contributed by atoms with E-state index in [4.69, 9.17) is 10.00 Å². The number of nitrogens with one attached hydrogen (secondary N) is 1. The number of esters is 1. The molecule has 0 spiro atoms. The number of nitrogens with zero attached hydrogens (tertiary/aromatic N) is 2. The number of benzene rings is 1. The first-order valence-electron chi connectivity index (χ1n) is 9.26. The topological polar surface area (TPSA) is 117 Å². The number of amides is 3. The van der Waals surface area contributed by atoms with Crippen molar-refractivity contribution >= 4 is 29.4 Å². The highest BCUT2D eigenvalue weighted by Gasteiger charge is 2.51. The molecule has 8 heteroatoms. The van der Waals surface area contributed by atoms with Crippen LogP contribution in [0.4, 0.5) is 5.69 Å². The Morgan fingerprint density at radius 2 is 1.89 bits per heavy atom. The van der Waals surface area contributed by atoms with Gasteiger partial charge < -0.3 is 10.1 Å². The van der Waals surface area contributed by atoms with E-state index < -0.39 is 24.5 Å². The molecule has 28 heavy (non-hydrogen) atoms. The van der Waals surface area contributed by atoms with Gasteiger partial charge >= 0.3 is 5.97 Å². The van der Waals surface area contributed by atoms with Gasteiger partial charge in [0.2, 0.25) is 11.8 Å². The summed E-state index contributed by atoms with van der Waals surface area (Å²) in [6.07, 6.45) is 3.13. The van der Waals surface area contributed by atoms with Crippen LogP contribution in [0, 0.1) is 23.2 Å². The molecule has 2 aliphatic rings. The first-order chi connectivity index (χ1) is 13.4. The fraction of sp³-hybridized carbons (Fsp3) is 0.450. The Kier molecular flexibility index (Phi) is 5.73. The van der Waals surface area contributed by atoms with Gasteiger partial charge in [0.15, 0.2) is 6.61 Å². The summed E-state index contributed by atoms with van der Waals surface area (Å²) in [5.74, 6) is -2.71. The van der Waals surface area contributed by atoms with E-state index >= 15 is 0 Å². The molecule has 3 atom stereocenters. The molecule has 1 aliphatic carbocycles. The van der Waals surface area contributed by atoms with E-state index in [0.29, 0.717) is 24.1 Å². The van der Waals surface area contributed by atoms with Gasteiger partial charge in [0.1, 0.15) is 6.04 Å². The SMILES string of the molecule is C[C@@H](C(=O)OCC(=O)Nc1cccc(C#N)c1)N1C(=O)[C@H]2CCCC[C@H]2C1=O. The fourth-order valence-electron chi connectivity index (χ4n) is 3.80. The molecular weight excluding hydrogens is 362 g/mol. The van der Waals surface area contributed by atoms with Crippen molar-refractivity contribution in [1.82, 2.24) is 4.90 Å². The predicted molar refractivity (Wildman–Crippen MR) is 97.5 cm³/mol. The highest BCUT2D eigenvalue weighted by Crippen LogP contribution is 2.38. The molecule has 1 saturated carbocycles. The Balaban J connectivity index is 1.55. The maximum atomic E-state index is 12.5. The summed E-state index contributed by atoms with van der Waals surface area (Å²) in [5, 5.41) is 11.4. The molecule has 1 aromatic rings. The van der Waals surface area contributed by atoms with E-state index in [-0.39, 0.29) is 23.7 Å². The lowest BCUT2D eigenvalue weighted by Gasteiger charge is -2.21. The average molecular weight is 383 g/mol.